The molecule has 0 N–H and O–H groups in total. The van der Waals surface area contributed by atoms with E-state index >= 15 is 0 Å². The van der Waals surface area contributed by atoms with E-state index in [9.17, 15) is 18.0 Å². The smallest absolute Gasteiger partial charge is 0.422 e. The minimum Gasteiger partial charge on any atom is -0.487 e. The predicted molar refractivity (Wildman–Crippen MR) is 127 cm³/mol. The average molecular weight is 515 g/mol. The molecule has 1 aromatic heterocycles. The molecule has 1 aromatic carbocycles. The van der Waals surface area contributed by atoms with E-state index in [1.165, 1.54) is 12.3 Å². The molecule has 11 heteroatoms. The first-order valence-electron chi connectivity index (χ1n) is 11.3. The molecule has 0 unspecified atom stereocenters. The van der Waals surface area contributed by atoms with Crippen LogP contribution in [0.15, 0.2) is 36.5 Å². The normalized spacial score (nSPS) is 13.3. The van der Waals surface area contributed by atoms with Crippen LogP contribution in [0.5, 0.6) is 11.8 Å². The second kappa shape index (κ2) is 11.8. The van der Waals surface area contributed by atoms with Crippen molar-refractivity contribution in [3.05, 3.63) is 47.8 Å². The second-order valence-electron chi connectivity index (χ2n) is 9.45. The molecule has 0 aliphatic carbocycles. The number of nitrogens with zero attached hydrogens (tertiary/aromatic N) is 2. The zero-order valence-electron chi connectivity index (χ0n) is 20.9. The summed E-state index contributed by atoms with van der Waals surface area (Å²) in [5.41, 5.74) is 1.07. The van der Waals surface area contributed by atoms with Crippen molar-refractivity contribution >= 4 is 14.3 Å². The maximum Gasteiger partial charge on any atom is 0.422 e. The quantitative estimate of drug-likeness (QED) is 0.290. The van der Waals surface area contributed by atoms with Gasteiger partial charge in [-0.2, -0.15) is 18.2 Å². The summed E-state index contributed by atoms with van der Waals surface area (Å²) >= 11 is 0. The van der Waals surface area contributed by atoms with Crippen LogP contribution < -0.4 is 9.47 Å². The van der Waals surface area contributed by atoms with Gasteiger partial charge in [0.2, 0.25) is 0 Å². The van der Waals surface area contributed by atoms with Gasteiger partial charge >= 0.3 is 18.2 Å². The molecule has 0 aliphatic heterocycles. The number of hydrogen-bond donors (Lipinski definition) is 0. The molecule has 0 amide bonds. The van der Waals surface area contributed by atoms with Gasteiger partial charge in [-0.1, -0.05) is 39.0 Å². The van der Waals surface area contributed by atoms with Crippen LogP contribution in [0.2, 0.25) is 18.1 Å². The van der Waals surface area contributed by atoms with Crippen LogP contribution in [-0.4, -0.2) is 49.7 Å². The number of para-hydroxylation sites is 1. The van der Waals surface area contributed by atoms with Gasteiger partial charge in [-0.05, 0) is 42.8 Å². The molecule has 1 atom stereocenters. The summed E-state index contributed by atoms with van der Waals surface area (Å²) in [4.78, 5) is 20.4. The third kappa shape index (κ3) is 9.13. The second-order valence-corrected chi connectivity index (χ2v) is 14.2. The summed E-state index contributed by atoms with van der Waals surface area (Å²) in [6.45, 7) is 10.9. The van der Waals surface area contributed by atoms with Gasteiger partial charge in [0.1, 0.15) is 18.5 Å². The van der Waals surface area contributed by atoms with Gasteiger partial charge in [-0.25, -0.2) is 9.78 Å². The molecule has 1 heterocycles. The molecule has 0 fully saturated rings. The highest BCUT2D eigenvalue weighted by Gasteiger charge is 2.41. The zero-order valence-corrected chi connectivity index (χ0v) is 21.9. The number of alkyl halides is 3. The summed E-state index contributed by atoms with van der Waals surface area (Å²) in [7, 11) is -2.28. The van der Waals surface area contributed by atoms with E-state index in [-0.39, 0.29) is 30.7 Å². The van der Waals surface area contributed by atoms with Crippen molar-refractivity contribution in [2.45, 2.75) is 71.1 Å². The van der Waals surface area contributed by atoms with Gasteiger partial charge < -0.3 is 18.6 Å². The fraction of sp³-hybridized carbons (Fsp3) is 0.542. The Labute approximate surface area is 205 Å². The first-order valence-corrected chi connectivity index (χ1v) is 14.2. The molecule has 0 spiro atoms. The highest BCUT2D eigenvalue weighted by Crippen LogP contribution is 2.38. The number of halogens is 3. The van der Waals surface area contributed by atoms with E-state index in [2.05, 4.69) is 48.6 Å². The highest BCUT2D eigenvalue weighted by molar-refractivity contribution is 6.74. The summed E-state index contributed by atoms with van der Waals surface area (Å²) in [5.74, 6) is 0.0615. The van der Waals surface area contributed by atoms with Gasteiger partial charge in [0, 0.05) is 12.6 Å². The molecular weight excluding hydrogens is 481 g/mol. The molecule has 35 heavy (non-hydrogen) atoms. The summed E-state index contributed by atoms with van der Waals surface area (Å²) in [6, 6.07) is 8.31. The zero-order chi connectivity index (χ0) is 26.3. The Kier molecular flexibility index (Phi) is 9.67. The Bertz CT molecular complexity index is 980. The third-order valence-electron chi connectivity index (χ3n) is 5.60. The molecule has 0 radical (unpaired) electrons. The van der Waals surface area contributed by atoms with Crippen LogP contribution in [0.1, 0.15) is 39.0 Å². The number of benzene rings is 1. The largest absolute Gasteiger partial charge is 0.487 e. The lowest BCUT2D eigenvalue weighted by Gasteiger charge is -2.38. The Morgan fingerprint density at radius 1 is 1.09 bits per heavy atom. The number of hydrogen-bond acceptors (Lipinski definition) is 7. The number of carbonyl (C=O) groups is 1. The van der Waals surface area contributed by atoms with Crippen molar-refractivity contribution in [1.82, 2.24) is 9.97 Å². The third-order valence-corrected chi connectivity index (χ3v) is 10.1. The Morgan fingerprint density at radius 3 is 2.40 bits per heavy atom. The van der Waals surface area contributed by atoms with Crippen molar-refractivity contribution < 1.29 is 36.6 Å². The molecule has 2 aromatic rings. The van der Waals surface area contributed by atoms with E-state index in [1.54, 1.807) is 19.1 Å². The SMILES string of the molecule is CCOC(=O)[C@H](Cc1ccccc1OCc1ccnc(OCC(F)(F)F)n1)O[Si](C)(C)C(C)(C)C. The minimum atomic E-state index is -4.49. The monoisotopic (exact) mass is 514 g/mol. The maximum absolute atomic E-state index is 12.7. The van der Waals surface area contributed by atoms with E-state index in [1.807, 2.05) is 12.1 Å². The Balaban J connectivity index is 2.17. The van der Waals surface area contributed by atoms with E-state index in [0.29, 0.717) is 11.4 Å². The molecule has 2 rings (SSSR count). The Morgan fingerprint density at radius 2 is 1.77 bits per heavy atom. The van der Waals surface area contributed by atoms with Crippen LogP contribution in [0.4, 0.5) is 13.2 Å². The van der Waals surface area contributed by atoms with Crippen LogP contribution in [-0.2, 0) is 27.0 Å². The minimum absolute atomic E-state index is 0.0327. The van der Waals surface area contributed by atoms with Gasteiger partial charge in [0.05, 0.1) is 12.3 Å². The van der Waals surface area contributed by atoms with E-state index in [0.717, 1.165) is 5.56 Å². The predicted octanol–water partition coefficient (Wildman–Crippen LogP) is 5.49. The van der Waals surface area contributed by atoms with Gasteiger partial charge in [-0.3, -0.25) is 0 Å². The molecular formula is C24H33F3N2O5Si. The first-order chi connectivity index (χ1) is 16.2. The van der Waals surface area contributed by atoms with E-state index in [4.69, 9.17) is 13.9 Å². The number of aromatic nitrogens is 2. The molecule has 194 valence electrons. The lowest BCUT2D eigenvalue weighted by Crippen LogP contribution is -2.47. The summed E-state index contributed by atoms with van der Waals surface area (Å²) in [5, 5.41) is -0.104. The lowest BCUT2D eigenvalue weighted by atomic mass is 10.1. The van der Waals surface area contributed by atoms with Crippen molar-refractivity contribution in [3.8, 4) is 11.8 Å². The topological polar surface area (TPSA) is 79.8 Å². The summed E-state index contributed by atoms with van der Waals surface area (Å²) in [6.07, 6.45) is -3.75. The van der Waals surface area contributed by atoms with Crippen LogP contribution in [0, 0.1) is 0 Å². The van der Waals surface area contributed by atoms with Crippen molar-refractivity contribution in [2.75, 3.05) is 13.2 Å². The maximum atomic E-state index is 12.7. The fourth-order valence-corrected chi connectivity index (χ4v) is 4.02. The molecule has 0 aliphatic rings. The van der Waals surface area contributed by atoms with E-state index < -0.39 is 33.2 Å². The number of carbonyl (C=O) groups excluding carboxylic acids is 1. The van der Waals surface area contributed by atoms with Gasteiger partial charge in [-0.15, -0.1) is 0 Å². The lowest BCUT2D eigenvalue weighted by molar-refractivity contribution is -0.154. The molecule has 0 saturated carbocycles. The molecule has 0 bridgehead atoms. The number of ether oxygens (including phenoxy) is 3. The van der Waals surface area contributed by atoms with Gasteiger partial charge in [0.25, 0.3) is 0 Å². The van der Waals surface area contributed by atoms with Crippen LogP contribution in [0.25, 0.3) is 0 Å². The number of esters is 1. The Hall–Kier alpha value is -2.66. The fourth-order valence-electron chi connectivity index (χ4n) is 2.78. The highest BCUT2D eigenvalue weighted by atomic mass is 28.4. The average Bonchev–Trinajstić information content (AvgIpc) is 2.76. The van der Waals surface area contributed by atoms with Crippen molar-refractivity contribution in [1.29, 1.82) is 0 Å². The summed E-state index contributed by atoms with van der Waals surface area (Å²) < 4.78 is 59.3. The van der Waals surface area contributed by atoms with Crippen molar-refractivity contribution in [3.63, 3.8) is 0 Å². The van der Waals surface area contributed by atoms with Crippen LogP contribution in [0.3, 0.4) is 0 Å². The van der Waals surface area contributed by atoms with Gasteiger partial charge in [0.15, 0.2) is 14.9 Å². The molecule has 0 saturated heterocycles. The molecule has 7 nitrogen and oxygen atoms in total. The van der Waals surface area contributed by atoms with Crippen molar-refractivity contribution in [2.24, 2.45) is 0 Å². The number of rotatable bonds is 11. The first kappa shape index (κ1) is 28.6. The van der Waals surface area contributed by atoms with Crippen LogP contribution >= 0.6 is 0 Å². The standard InChI is InChI=1S/C24H33F3N2O5Si/c1-7-31-21(30)20(34-35(5,6)23(2,3)4)14-17-10-8-9-11-19(17)32-15-18-12-13-28-22(29-18)33-16-24(25,26)27/h8-13,20H,7,14-16H2,1-6H3/t20-/m0/s1.